The number of hydrogen-bond acceptors (Lipinski definition) is 3. The summed E-state index contributed by atoms with van der Waals surface area (Å²) in [7, 11) is 0. The molecule has 0 saturated heterocycles. The van der Waals surface area contributed by atoms with Crippen molar-refractivity contribution in [1.29, 1.82) is 0 Å². The number of carbonyl (C=O) groups excluding carboxylic acids is 1. The van der Waals surface area contributed by atoms with Crippen LogP contribution in [0.15, 0.2) is 4.79 Å². The van der Waals surface area contributed by atoms with Gasteiger partial charge in [-0.3, -0.25) is 9.59 Å². The van der Waals surface area contributed by atoms with Gasteiger partial charge in [0.1, 0.15) is 5.82 Å². The third-order valence-electron chi connectivity index (χ3n) is 3.26. The van der Waals surface area contributed by atoms with E-state index < -0.39 is 0 Å². The molecule has 20 heavy (non-hydrogen) atoms. The van der Waals surface area contributed by atoms with Gasteiger partial charge in [0.2, 0.25) is 5.91 Å². The van der Waals surface area contributed by atoms with Gasteiger partial charge >= 0.3 is 0 Å². The van der Waals surface area contributed by atoms with Crippen molar-refractivity contribution in [3.05, 3.63) is 27.4 Å². The molecule has 0 aliphatic rings. The first-order valence-corrected chi connectivity index (χ1v) is 7.15. The number of carbonyl (C=O) groups is 1. The van der Waals surface area contributed by atoms with Crippen molar-refractivity contribution < 1.29 is 4.79 Å². The van der Waals surface area contributed by atoms with E-state index >= 15 is 0 Å². The molecule has 1 aromatic heterocycles. The number of amides is 1. The van der Waals surface area contributed by atoms with Gasteiger partial charge in [0.15, 0.2) is 0 Å². The van der Waals surface area contributed by atoms with E-state index in [2.05, 4.69) is 29.1 Å². The summed E-state index contributed by atoms with van der Waals surface area (Å²) in [5, 5.41) is 2.93. The first-order chi connectivity index (χ1) is 9.29. The minimum Gasteiger partial charge on any atom is -0.353 e. The fraction of sp³-hybridized carbons (Fsp3) is 0.667. The van der Waals surface area contributed by atoms with Crippen molar-refractivity contribution in [1.82, 2.24) is 15.3 Å². The normalized spacial score (nSPS) is 12.5. The lowest BCUT2D eigenvalue weighted by atomic mass is 10.0. The summed E-state index contributed by atoms with van der Waals surface area (Å²) in [6.45, 7) is 9.80. The van der Waals surface area contributed by atoms with E-state index in [-0.39, 0.29) is 23.9 Å². The Morgan fingerprint density at radius 3 is 2.45 bits per heavy atom. The molecular formula is C15H25N3O2. The van der Waals surface area contributed by atoms with Gasteiger partial charge in [-0.15, -0.1) is 0 Å². The molecule has 1 aromatic rings. The fourth-order valence-corrected chi connectivity index (χ4v) is 2.10. The molecule has 0 radical (unpaired) electrons. The first-order valence-electron chi connectivity index (χ1n) is 7.15. The molecule has 1 atom stereocenters. The molecule has 0 saturated carbocycles. The first kappa shape index (κ1) is 16.4. The summed E-state index contributed by atoms with van der Waals surface area (Å²) in [6.07, 6.45) is 2.11. The molecule has 0 aromatic carbocycles. The number of aromatic amines is 1. The molecule has 0 aliphatic heterocycles. The maximum atomic E-state index is 12.0. The van der Waals surface area contributed by atoms with Crippen LogP contribution in [0, 0.1) is 19.8 Å². The monoisotopic (exact) mass is 279 g/mol. The van der Waals surface area contributed by atoms with E-state index in [0.717, 1.165) is 12.8 Å². The topological polar surface area (TPSA) is 74.8 Å². The lowest BCUT2D eigenvalue weighted by molar-refractivity contribution is -0.121. The maximum absolute atomic E-state index is 12.0. The highest BCUT2D eigenvalue weighted by atomic mass is 16.2. The van der Waals surface area contributed by atoms with Crippen LogP contribution in [-0.4, -0.2) is 21.9 Å². The Balaban J connectivity index is 2.61. The number of aryl methyl sites for hydroxylation is 2. The lowest BCUT2D eigenvalue weighted by Crippen LogP contribution is -2.35. The third-order valence-corrected chi connectivity index (χ3v) is 3.26. The van der Waals surface area contributed by atoms with E-state index in [1.54, 1.807) is 13.8 Å². The van der Waals surface area contributed by atoms with Crippen molar-refractivity contribution in [3.63, 3.8) is 0 Å². The van der Waals surface area contributed by atoms with Gasteiger partial charge in [-0.2, -0.15) is 0 Å². The molecule has 0 aliphatic carbocycles. The van der Waals surface area contributed by atoms with E-state index in [4.69, 9.17) is 0 Å². The standard InChI is InChI=1S/C15H25N3O2/c1-9(2)6-7-10(3)16-14(19)8-13-11(4)17-12(5)18-15(13)20/h9-10H,6-8H2,1-5H3,(H,16,19)(H,17,18,20)/t10-/m1/s1. The average Bonchev–Trinajstić information content (AvgIpc) is 2.31. The number of rotatable bonds is 6. The highest BCUT2D eigenvalue weighted by Gasteiger charge is 2.13. The van der Waals surface area contributed by atoms with Gasteiger partial charge in [-0.25, -0.2) is 4.98 Å². The minimum absolute atomic E-state index is 0.0838. The molecule has 5 nitrogen and oxygen atoms in total. The molecule has 0 fully saturated rings. The van der Waals surface area contributed by atoms with Crippen molar-refractivity contribution >= 4 is 5.91 Å². The van der Waals surface area contributed by atoms with Crippen molar-refractivity contribution in [3.8, 4) is 0 Å². The molecule has 1 rings (SSSR count). The lowest BCUT2D eigenvalue weighted by Gasteiger charge is -2.15. The molecule has 0 spiro atoms. The predicted octanol–water partition coefficient (Wildman–Crippen LogP) is 1.87. The van der Waals surface area contributed by atoms with Crippen LogP contribution in [0.1, 0.15) is 50.7 Å². The van der Waals surface area contributed by atoms with Gasteiger partial charge in [-0.1, -0.05) is 13.8 Å². The fourth-order valence-electron chi connectivity index (χ4n) is 2.10. The van der Waals surface area contributed by atoms with Crippen LogP contribution in [0.25, 0.3) is 0 Å². The van der Waals surface area contributed by atoms with Gasteiger partial charge in [0, 0.05) is 17.3 Å². The smallest absolute Gasteiger partial charge is 0.254 e. The largest absolute Gasteiger partial charge is 0.353 e. The van der Waals surface area contributed by atoms with Gasteiger partial charge < -0.3 is 10.3 Å². The second kappa shape index (κ2) is 7.22. The third kappa shape index (κ3) is 5.15. The van der Waals surface area contributed by atoms with Crippen molar-refractivity contribution in [2.75, 3.05) is 0 Å². The van der Waals surface area contributed by atoms with Crippen LogP contribution in [0.4, 0.5) is 0 Å². The summed E-state index contributed by atoms with van der Waals surface area (Å²) in [5.41, 5.74) is 0.848. The second-order valence-electron chi connectivity index (χ2n) is 5.83. The molecule has 0 bridgehead atoms. The van der Waals surface area contributed by atoms with Crippen LogP contribution in [0.3, 0.4) is 0 Å². The summed E-state index contributed by atoms with van der Waals surface area (Å²) in [4.78, 5) is 30.6. The Hall–Kier alpha value is -1.65. The molecule has 0 unspecified atom stereocenters. The number of nitrogens with one attached hydrogen (secondary N) is 2. The quantitative estimate of drug-likeness (QED) is 0.834. The van der Waals surface area contributed by atoms with Gasteiger partial charge in [-0.05, 0) is 39.5 Å². The van der Waals surface area contributed by atoms with E-state index in [1.807, 2.05) is 6.92 Å². The van der Waals surface area contributed by atoms with Crippen LogP contribution in [-0.2, 0) is 11.2 Å². The SMILES string of the molecule is Cc1nc(C)c(CC(=O)N[C@H](C)CCC(C)C)c(=O)[nH]1. The van der Waals surface area contributed by atoms with E-state index in [9.17, 15) is 9.59 Å². The summed E-state index contributed by atoms with van der Waals surface area (Å²) >= 11 is 0. The van der Waals surface area contributed by atoms with Crippen LogP contribution >= 0.6 is 0 Å². The predicted molar refractivity (Wildman–Crippen MR) is 79.7 cm³/mol. The molecule has 1 heterocycles. The highest BCUT2D eigenvalue weighted by molar-refractivity contribution is 5.78. The number of H-pyrrole nitrogens is 1. The Labute approximate surface area is 120 Å². The summed E-state index contributed by atoms with van der Waals surface area (Å²) < 4.78 is 0. The Kier molecular flexibility index (Phi) is 5.92. The van der Waals surface area contributed by atoms with Crippen LogP contribution in [0.5, 0.6) is 0 Å². The second-order valence-corrected chi connectivity index (χ2v) is 5.83. The zero-order valence-electron chi connectivity index (χ0n) is 13.0. The molecule has 2 N–H and O–H groups in total. The zero-order valence-corrected chi connectivity index (χ0v) is 13.0. The molecule has 112 valence electrons. The minimum atomic E-state index is -0.222. The highest BCUT2D eigenvalue weighted by Crippen LogP contribution is 2.07. The van der Waals surface area contributed by atoms with E-state index in [0.29, 0.717) is 23.0 Å². The number of nitrogens with zero attached hydrogens (tertiary/aromatic N) is 1. The number of hydrogen-bond donors (Lipinski definition) is 2. The Morgan fingerprint density at radius 1 is 1.25 bits per heavy atom. The van der Waals surface area contributed by atoms with Crippen LogP contribution < -0.4 is 10.9 Å². The zero-order chi connectivity index (χ0) is 15.3. The average molecular weight is 279 g/mol. The Bertz CT molecular complexity index is 520. The van der Waals surface area contributed by atoms with Gasteiger partial charge in [0.25, 0.3) is 5.56 Å². The summed E-state index contributed by atoms with van der Waals surface area (Å²) in [5.74, 6) is 1.07. The van der Waals surface area contributed by atoms with Gasteiger partial charge in [0.05, 0.1) is 6.42 Å². The number of aromatic nitrogens is 2. The molecule has 1 amide bonds. The van der Waals surface area contributed by atoms with Crippen molar-refractivity contribution in [2.45, 2.75) is 59.9 Å². The van der Waals surface area contributed by atoms with E-state index in [1.165, 1.54) is 0 Å². The van der Waals surface area contributed by atoms with Crippen LogP contribution in [0.2, 0.25) is 0 Å². The van der Waals surface area contributed by atoms with Crippen molar-refractivity contribution in [2.24, 2.45) is 5.92 Å². The molecular weight excluding hydrogens is 254 g/mol. The maximum Gasteiger partial charge on any atom is 0.254 e. The molecule has 5 heteroatoms. The Morgan fingerprint density at radius 2 is 1.90 bits per heavy atom. The summed E-state index contributed by atoms with van der Waals surface area (Å²) in [6, 6.07) is 0.127.